The van der Waals surface area contributed by atoms with Gasteiger partial charge in [0, 0.05) is 0 Å². The van der Waals surface area contributed by atoms with Gasteiger partial charge in [-0.05, 0) is 51.7 Å². The molecule has 0 spiro atoms. The van der Waals surface area contributed by atoms with E-state index in [0.717, 1.165) is 32.1 Å². The summed E-state index contributed by atoms with van der Waals surface area (Å²) in [5.41, 5.74) is 6.48. The SMILES string of the molecule is C[C@H](N[P@](=O)(Oc1ccccc1)O[C@@H](C)[C@H]1O[C@@H](n2cnc3c(N)ncnc32)[C@H](O)[C@@H]1O)C(=O)OC1CCCCC1. The highest BCUT2D eigenvalue weighted by atomic mass is 31.2. The number of imidazole rings is 1. The highest BCUT2D eigenvalue weighted by Crippen LogP contribution is 2.48. The van der Waals surface area contributed by atoms with Crippen molar-refractivity contribution in [2.75, 3.05) is 5.73 Å². The number of rotatable bonds is 10. The minimum Gasteiger partial charge on any atom is -0.461 e. The Morgan fingerprint density at radius 1 is 1.12 bits per heavy atom. The van der Waals surface area contributed by atoms with E-state index >= 15 is 0 Å². The number of esters is 1. The smallest absolute Gasteiger partial charge is 0.459 e. The van der Waals surface area contributed by atoms with E-state index in [0.29, 0.717) is 11.2 Å². The van der Waals surface area contributed by atoms with Gasteiger partial charge >= 0.3 is 13.7 Å². The summed E-state index contributed by atoms with van der Waals surface area (Å²) in [4.78, 5) is 25.1. The minimum absolute atomic E-state index is 0.149. The van der Waals surface area contributed by atoms with Crippen LogP contribution in [0, 0.1) is 0 Å². The number of ether oxygens (including phenoxy) is 2. The first-order valence-corrected chi connectivity index (χ1v) is 15.2. The lowest BCUT2D eigenvalue weighted by atomic mass is 9.98. The van der Waals surface area contributed by atoms with Crippen molar-refractivity contribution in [3.05, 3.63) is 43.0 Å². The van der Waals surface area contributed by atoms with Crippen molar-refractivity contribution >= 4 is 30.7 Å². The standard InChI is InChI=1S/C26H35N6O8P/c1-15(26(35)37-17-9-5-3-6-10-17)31-41(36,40-18-11-7-4-8-12-18)39-16(2)22-20(33)21(34)25(38-22)32-14-30-19-23(27)28-13-29-24(19)32/h4,7-8,11-17,20-22,25,33-34H,3,5-6,9-10H2,1-2H3,(H,31,36)(H2,27,28,29)/t15-,16-,20-,21+,22+,25+,41+/m0/s1. The molecule has 1 aromatic carbocycles. The Kier molecular flexibility index (Phi) is 8.88. The van der Waals surface area contributed by atoms with Crippen LogP contribution in [0.15, 0.2) is 43.0 Å². The molecule has 3 aromatic rings. The van der Waals surface area contributed by atoms with E-state index in [1.165, 1.54) is 31.1 Å². The Morgan fingerprint density at radius 2 is 1.85 bits per heavy atom. The molecule has 14 nitrogen and oxygen atoms in total. The second-order valence-corrected chi connectivity index (χ2v) is 12.0. The van der Waals surface area contributed by atoms with Crippen LogP contribution in [0.5, 0.6) is 5.75 Å². The van der Waals surface area contributed by atoms with Crippen LogP contribution in [0.2, 0.25) is 0 Å². The van der Waals surface area contributed by atoms with Gasteiger partial charge in [0.1, 0.15) is 48.1 Å². The molecule has 0 bridgehead atoms. The number of fused-ring (bicyclic) bond motifs is 1. The van der Waals surface area contributed by atoms with Gasteiger partial charge in [0.25, 0.3) is 0 Å². The van der Waals surface area contributed by atoms with Crippen molar-refractivity contribution in [1.82, 2.24) is 24.6 Å². The van der Waals surface area contributed by atoms with Gasteiger partial charge in [-0.15, -0.1) is 0 Å². The Hall–Kier alpha value is -3.13. The zero-order valence-electron chi connectivity index (χ0n) is 22.8. The quantitative estimate of drug-likeness (QED) is 0.199. The molecule has 3 heterocycles. The van der Waals surface area contributed by atoms with Crippen molar-refractivity contribution in [3.8, 4) is 5.75 Å². The largest absolute Gasteiger partial charge is 0.461 e. The lowest BCUT2D eigenvalue weighted by Crippen LogP contribution is -2.41. The van der Waals surface area contributed by atoms with Gasteiger partial charge in [-0.2, -0.15) is 5.09 Å². The molecule has 41 heavy (non-hydrogen) atoms. The molecule has 7 atom stereocenters. The van der Waals surface area contributed by atoms with Gasteiger partial charge in [0.15, 0.2) is 17.7 Å². The Balaban J connectivity index is 1.32. The van der Waals surface area contributed by atoms with Gasteiger partial charge in [-0.1, -0.05) is 24.6 Å². The van der Waals surface area contributed by atoms with E-state index in [-0.39, 0.29) is 17.7 Å². The summed E-state index contributed by atoms with van der Waals surface area (Å²) in [6, 6.07) is 7.30. The molecule has 0 amide bonds. The molecule has 2 fully saturated rings. The molecule has 15 heteroatoms. The molecule has 5 rings (SSSR count). The summed E-state index contributed by atoms with van der Waals surface area (Å²) >= 11 is 0. The number of para-hydroxylation sites is 1. The van der Waals surface area contributed by atoms with E-state index in [2.05, 4.69) is 20.0 Å². The molecule has 0 radical (unpaired) electrons. The Labute approximate surface area is 236 Å². The first-order valence-electron chi connectivity index (χ1n) is 13.6. The topological polar surface area (TPSA) is 193 Å². The molecule has 5 N–H and O–H groups in total. The highest BCUT2D eigenvalue weighted by Gasteiger charge is 2.49. The van der Waals surface area contributed by atoms with Crippen LogP contribution in [-0.2, 0) is 23.4 Å². The number of hydrogen-bond acceptors (Lipinski definition) is 12. The Bertz CT molecular complexity index is 1390. The van der Waals surface area contributed by atoms with Gasteiger partial charge in [0.2, 0.25) is 0 Å². The van der Waals surface area contributed by atoms with Crippen molar-refractivity contribution in [1.29, 1.82) is 0 Å². The van der Waals surface area contributed by atoms with Crippen molar-refractivity contribution in [2.45, 2.75) is 88.7 Å². The fourth-order valence-corrected chi connectivity index (χ4v) is 6.77. The molecule has 1 saturated heterocycles. The van der Waals surface area contributed by atoms with Crippen LogP contribution in [0.3, 0.4) is 0 Å². The van der Waals surface area contributed by atoms with Crippen molar-refractivity contribution in [2.24, 2.45) is 0 Å². The maximum absolute atomic E-state index is 14.1. The van der Waals surface area contributed by atoms with Gasteiger partial charge in [0.05, 0.1) is 12.4 Å². The summed E-state index contributed by atoms with van der Waals surface area (Å²) in [6.07, 6.45) is 0.910. The van der Waals surface area contributed by atoms with Crippen LogP contribution in [-0.4, -0.2) is 72.3 Å². The van der Waals surface area contributed by atoms with Crippen molar-refractivity contribution < 1.29 is 38.1 Å². The van der Waals surface area contributed by atoms with Crippen LogP contribution < -0.4 is 15.3 Å². The predicted octanol–water partition coefficient (Wildman–Crippen LogP) is 2.47. The monoisotopic (exact) mass is 590 g/mol. The lowest BCUT2D eigenvalue weighted by molar-refractivity contribution is -0.152. The predicted molar refractivity (Wildman–Crippen MR) is 146 cm³/mol. The molecule has 2 aromatic heterocycles. The van der Waals surface area contributed by atoms with Gasteiger partial charge < -0.3 is 29.9 Å². The van der Waals surface area contributed by atoms with E-state index in [9.17, 15) is 19.6 Å². The molecule has 1 aliphatic heterocycles. The number of anilines is 1. The summed E-state index contributed by atoms with van der Waals surface area (Å²) < 4.78 is 38.7. The second kappa shape index (κ2) is 12.4. The number of nitrogens with one attached hydrogen (secondary N) is 1. The highest BCUT2D eigenvalue weighted by molar-refractivity contribution is 7.52. The Morgan fingerprint density at radius 3 is 2.59 bits per heavy atom. The summed E-state index contributed by atoms with van der Waals surface area (Å²) in [5.74, 6) is -0.196. The second-order valence-electron chi connectivity index (χ2n) is 10.3. The number of hydrogen-bond donors (Lipinski definition) is 4. The number of nitrogens with two attached hydrogens (primary N) is 1. The summed E-state index contributed by atoms with van der Waals surface area (Å²) in [5, 5.41) is 24.4. The zero-order valence-corrected chi connectivity index (χ0v) is 23.7. The summed E-state index contributed by atoms with van der Waals surface area (Å²) in [7, 11) is -4.26. The number of nitrogens with zero attached hydrogens (tertiary/aromatic N) is 4. The molecular weight excluding hydrogens is 555 g/mol. The molecule has 222 valence electrons. The van der Waals surface area contributed by atoms with Crippen LogP contribution in [0.25, 0.3) is 11.2 Å². The van der Waals surface area contributed by atoms with Gasteiger partial charge in [-0.3, -0.25) is 13.9 Å². The molecule has 2 aliphatic rings. The maximum atomic E-state index is 14.1. The lowest BCUT2D eigenvalue weighted by Gasteiger charge is -2.29. The maximum Gasteiger partial charge on any atom is 0.459 e. The first-order chi connectivity index (χ1) is 19.6. The third-order valence-corrected chi connectivity index (χ3v) is 8.98. The third kappa shape index (κ3) is 6.53. The van der Waals surface area contributed by atoms with Crippen molar-refractivity contribution in [3.63, 3.8) is 0 Å². The number of nitrogen functional groups attached to an aromatic ring is 1. The average Bonchev–Trinajstić information content (AvgIpc) is 3.51. The fourth-order valence-electron chi connectivity index (χ4n) is 5.08. The number of carbonyl (C=O) groups is 1. The number of aliphatic hydroxyl groups is 2. The molecule has 0 unspecified atom stereocenters. The summed E-state index contributed by atoms with van der Waals surface area (Å²) in [6.45, 7) is 3.03. The molecular formula is C26H35N6O8P. The van der Waals surface area contributed by atoms with E-state index in [1.54, 1.807) is 30.3 Å². The zero-order chi connectivity index (χ0) is 29.1. The molecule has 1 saturated carbocycles. The minimum atomic E-state index is -4.26. The van der Waals surface area contributed by atoms with Crippen LogP contribution in [0.4, 0.5) is 5.82 Å². The number of aromatic nitrogens is 4. The van der Waals surface area contributed by atoms with Gasteiger partial charge in [-0.25, -0.2) is 19.5 Å². The first kappa shape index (κ1) is 29.4. The van der Waals surface area contributed by atoms with E-state index < -0.39 is 50.4 Å². The van der Waals surface area contributed by atoms with E-state index in [4.69, 9.17) is 24.3 Å². The number of carbonyl (C=O) groups excluding carboxylic acids is 1. The number of aliphatic hydroxyl groups excluding tert-OH is 2. The molecule has 1 aliphatic carbocycles. The fraction of sp³-hybridized carbons (Fsp3) is 0.538. The number of benzene rings is 1. The van der Waals surface area contributed by atoms with E-state index in [1.807, 2.05) is 0 Å². The average molecular weight is 591 g/mol. The van der Waals surface area contributed by atoms with Crippen LogP contribution in [0.1, 0.15) is 52.2 Å². The van der Waals surface area contributed by atoms with Crippen LogP contribution >= 0.6 is 7.75 Å². The normalized spacial score (nSPS) is 26.3. The third-order valence-electron chi connectivity index (χ3n) is 7.21.